The summed E-state index contributed by atoms with van der Waals surface area (Å²) < 4.78 is 10.7. The summed E-state index contributed by atoms with van der Waals surface area (Å²) in [5.74, 6) is 1.06. The van der Waals surface area contributed by atoms with Gasteiger partial charge in [0.05, 0.1) is 19.9 Å². The molecule has 0 saturated heterocycles. The Labute approximate surface area is 135 Å². The number of hydrazone groups is 1. The van der Waals surface area contributed by atoms with Gasteiger partial charge in [-0.05, 0) is 49.7 Å². The van der Waals surface area contributed by atoms with Gasteiger partial charge in [0.1, 0.15) is 0 Å². The van der Waals surface area contributed by atoms with Crippen LogP contribution in [0.5, 0.6) is 11.5 Å². The van der Waals surface area contributed by atoms with Gasteiger partial charge < -0.3 is 9.47 Å². The Kier molecular flexibility index (Phi) is 5.74. The van der Waals surface area contributed by atoms with Crippen LogP contribution < -0.4 is 14.9 Å². The fourth-order valence-electron chi connectivity index (χ4n) is 2.06. The third kappa shape index (κ3) is 4.57. The van der Waals surface area contributed by atoms with E-state index in [-0.39, 0.29) is 5.91 Å². The zero-order valence-electron chi connectivity index (χ0n) is 13.5. The lowest BCUT2D eigenvalue weighted by Crippen LogP contribution is -2.17. The van der Waals surface area contributed by atoms with Gasteiger partial charge in [-0.3, -0.25) is 4.79 Å². The largest absolute Gasteiger partial charge is 0.493 e. The number of ether oxygens (including phenoxy) is 2. The fourth-order valence-corrected chi connectivity index (χ4v) is 2.06. The standard InChI is InChI=1S/C18H20N2O3/c1-4-23-16-9-8-14(11-17(16)22-3)12-19-20-18(21)15-7-5-6-13(2)10-15/h5-12H,4H2,1-3H3,(H,20,21)/b19-12+. The van der Waals surface area contributed by atoms with Gasteiger partial charge in [-0.25, -0.2) is 5.43 Å². The van der Waals surface area contributed by atoms with Crippen LogP contribution in [-0.2, 0) is 0 Å². The molecule has 0 aliphatic heterocycles. The fraction of sp³-hybridized carbons (Fsp3) is 0.222. The Morgan fingerprint density at radius 1 is 1.22 bits per heavy atom. The molecule has 0 fully saturated rings. The third-order valence-electron chi connectivity index (χ3n) is 3.15. The number of rotatable bonds is 6. The molecule has 0 saturated carbocycles. The number of carbonyl (C=O) groups is 1. The zero-order valence-corrected chi connectivity index (χ0v) is 13.5. The number of aryl methyl sites for hydroxylation is 1. The highest BCUT2D eigenvalue weighted by atomic mass is 16.5. The van der Waals surface area contributed by atoms with Gasteiger partial charge in [-0.2, -0.15) is 5.10 Å². The van der Waals surface area contributed by atoms with Gasteiger partial charge in [-0.1, -0.05) is 17.7 Å². The normalized spacial score (nSPS) is 10.6. The van der Waals surface area contributed by atoms with E-state index < -0.39 is 0 Å². The second-order valence-corrected chi connectivity index (χ2v) is 4.91. The van der Waals surface area contributed by atoms with E-state index in [1.807, 2.05) is 44.2 Å². The number of methoxy groups -OCH3 is 1. The van der Waals surface area contributed by atoms with Crippen LogP contribution in [0.4, 0.5) is 0 Å². The van der Waals surface area contributed by atoms with Crippen molar-refractivity contribution in [2.45, 2.75) is 13.8 Å². The predicted molar refractivity (Wildman–Crippen MR) is 90.4 cm³/mol. The molecule has 0 aromatic heterocycles. The average Bonchev–Trinajstić information content (AvgIpc) is 2.56. The lowest BCUT2D eigenvalue weighted by atomic mass is 10.1. The molecule has 1 amide bonds. The summed E-state index contributed by atoms with van der Waals surface area (Å²) in [7, 11) is 1.58. The molecular weight excluding hydrogens is 292 g/mol. The zero-order chi connectivity index (χ0) is 16.7. The van der Waals surface area contributed by atoms with E-state index in [2.05, 4.69) is 10.5 Å². The van der Waals surface area contributed by atoms with E-state index in [9.17, 15) is 4.79 Å². The molecule has 0 radical (unpaired) electrons. The van der Waals surface area contributed by atoms with Crippen molar-refractivity contribution in [1.82, 2.24) is 5.43 Å². The van der Waals surface area contributed by atoms with E-state index in [4.69, 9.17) is 9.47 Å². The van der Waals surface area contributed by atoms with Crippen molar-refractivity contribution in [2.24, 2.45) is 5.10 Å². The average molecular weight is 312 g/mol. The minimum absolute atomic E-state index is 0.247. The van der Waals surface area contributed by atoms with Crippen LogP contribution in [0.3, 0.4) is 0 Å². The number of nitrogens with zero attached hydrogens (tertiary/aromatic N) is 1. The van der Waals surface area contributed by atoms with Crippen LogP contribution >= 0.6 is 0 Å². The summed E-state index contributed by atoms with van der Waals surface area (Å²) in [4.78, 5) is 12.0. The number of nitrogens with one attached hydrogen (secondary N) is 1. The van der Waals surface area contributed by atoms with Crippen LogP contribution in [-0.4, -0.2) is 25.8 Å². The van der Waals surface area contributed by atoms with Gasteiger partial charge in [0.25, 0.3) is 5.91 Å². The summed E-state index contributed by atoms with van der Waals surface area (Å²) in [5, 5.41) is 3.98. The first kappa shape index (κ1) is 16.5. The molecule has 0 bridgehead atoms. The summed E-state index contributed by atoms with van der Waals surface area (Å²) in [6.07, 6.45) is 1.56. The highest BCUT2D eigenvalue weighted by molar-refractivity contribution is 5.95. The molecule has 2 aromatic rings. The predicted octanol–water partition coefficient (Wildman–Crippen LogP) is 3.17. The second kappa shape index (κ2) is 7.98. The lowest BCUT2D eigenvalue weighted by Gasteiger charge is -2.09. The molecule has 2 rings (SSSR count). The minimum Gasteiger partial charge on any atom is -0.493 e. The van der Waals surface area contributed by atoms with E-state index >= 15 is 0 Å². The van der Waals surface area contributed by atoms with E-state index in [1.165, 1.54) is 0 Å². The van der Waals surface area contributed by atoms with E-state index in [0.29, 0.717) is 23.7 Å². The quantitative estimate of drug-likeness (QED) is 0.658. The SMILES string of the molecule is CCOc1ccc(/C=N/NC(=O)c2cccc(C)c2)cc1OC. The first-order valence-electron chi connectivity index (χ1n) is 7.35. The van der Waals surface area contributed by atoms with E-state index in [0.717, 1.165) is 11.1 Å². The second-order valence-electron chi connectivity index (χ2n) is 4.91. The van der Waals surface area contributed by atoms with Crippen LogP contribution in [0, 0.1) is 6.92 Å². The Bertz CT molecular complexity index is 711. The maximum atomic E-state index is 12.0. The number of benzene rings is 2. The summed E-state index contributed by atoms with van der Waals surface area (Å²) in [6, 6.07) is 12.8. The monoisotopic (exact) mass is 312 g/mol. The molecule has 5 nitrogen and oxygen atoms in total. The summed E-state index contributed by atoms with van der Waals surface area (Å²) in [6.45, 7) is 4.41. The van der Waals surface area contributed by atoms with Crippen molar-refractivity contribution in [2.75, 3.05) is 13.7 Å². The molecular formula is C18H20N2O3. The molecule has 5 heteroatoms. The topological polar surface area (TPSA) is 59.9 Å². The van der Waals surface area contributed by atoms with Crippen LogP contribution in [0.15, 0.2) is 47.6 Å². The van der Waals surface area contributed by atoms with E-state index in [1.54, 1.807) is 25.5 Å². The van der Waals surface area contributed by atoms with Gasteiger partial charge in [-0.15, -0.1) is 0 Å². The van der Waals surface area contributed by atoms with Gasteiger partial charge in [0.15, 0.2) is 11.5 Å². The number of hydrogen-bond acceptors (Lipinski definition) is 4. The maximum absolute atomic E-state index is 12.0. The van der Waals surface area contributed by atoms with Crippen molar-refractivity contribution in [3.05, 3.63) is 59.2 Å². The smallest absolute Gasteiger partial charge is 0.271 e. The van der Waals surface area contributed by atoms with Gasteiger partial charge in [0, 0.05) is 5.56 Å². The molecule has 0 heterocycles. The number of hydrogen-bond donors (Lipinski definition) is 1. The van der Waals surface area contributed by atoms with Gasteiger partial charge in [0.2, 0.25) is 0 Å². The maximum Gasteiger partial charge on any atom is 0.271 e. The lowest BCUT2D eigenvalue weighted by molar-refractivity contribution is 0.0955. The Balaban J connectivity index is 2.04. The number of amides is 1. The summed E-state index contributed by atoms with van der Waals surface area (Å²) in [5.41, 5.74) is 4.91. The van der Waals surface area contributed by atoms with Crippen molar-refractivity contribution in [3.8, 4) is 11.5 Å². The third-order valence-corrected chi connectivity index (χ3v) is 3.15. The van der Waals surface area contributed by atoms with Crippen LogP contribution in [0.25, 0.3) is 0 Å². The highest BCUT2D eigenvalue weighted by Gasteiger charge is 2.05. The molecule has 23 heavy (non-hydrogen) atoms. The van der Waals surface area contributed by atoms with Crippen molar-refractivity contribution < 1.29 is 14.3 Å². The Hall–Kier alpha value is -2.82. The molecule has 1 N–H and O–H groups in total. The van der Waals surface area contributed by atoms with Crippen molar-refractivity contribution >= 4 is 12.1 Å². The van der Waals surface area contributed by atoms with Crippen LogP contribution in [0.1, 0.15) is 28.4 Å². The summed E-state index contributed by atoms with van der Waals surface area (Å²) >= 11 is 0. The molecule has 0 aliphatic carbocycles. The first-order valence-corrected chi connectivity index (χ1v) is 7.35. The Morgan fingerprint density at radius 2 is 2.04 bits per heavy atom. The highest BCUT2D eigenvalue weighted by Crippen LogP contribution is 2.27. The molecule has 0 unspecified atom stereocenters. The van der Waals surface area contributed by atoms with Crippen LogP contribution in [0.2, 0.25) is 0 Å². The molecule has 0 aliphatic rings. The molecule has 0 spiro atoms. The van der Waals surface area contributed by atoms with Crippen molar-refractivity contribution in [1.29, 1.82) is 0 Å². The van der Waals surface area contributed by atoms with Gasteiger partial charge >= 0.3 is 0 Å². The molecule has 0 atom stereocenters. The number of carbonyl (C=O) groups excluding carboxylic acids is 1. The minimum atomic E-state index is -0.247. The van der Waals surface area contributed by atoms with Crippen molar-refractivity contribution in [3.63, 3.8) is 0 Å². The molecule has 2 aromatic carbocycles. The Morgan fingerprint density at radius 3 is 2.74 bits per heavy atom. The molecule has 120 valence electrons. The first-order chi connectivity index (χ1) is 11.1.